The van der Waals surface area contributed by atoms with Gasteiger partial charge in [-0.15, -0.1) is 0 Å². The number of hydrogen-bond donors (Lipinski definition) is 1. The molecule has 1 saturated heterocycles. The first-order chi connectivity index (χ1) is 9.58. The summed E-state index contributed by atoms with van der Waals surface area (Å²) in [5.74, 6) is 0.643. The maximum atomic E-state index is 12.4. The van der Waals surface area contributed by atoms with E-state index in [2.05, 4.69) is 12.2 Å². The number of carbonyl (C=O) groups is 2. The third kappa shape index (κ3) is 2.14. The molecule has 20 heavy (non-hydrogen) atoms. The van der Waals surface area contributed by atoms with Crippen LogP contribution in [-0.2, 0) is 0 Å². The number of hydrogen-bond acceptors (Lipinski definition) is 3. The lowest BCUT2D eigenvalue weighted by molar-refractivity contribution is 0.0599. The van der Waals surface area contributed by atoms with Gasteiger partial charge in [0.25, 0.3) is 11.8 Å². The maximum Gasteiger partial charge on any atom is 0.261 e. The molecule has 1 aromatic carbocycles. The third-order valence-corrected chi connectivity index (χ3v) is 4.51. The Bertz CT molecular complexity index is 568. The molecule has 0 radical (unpaired) electrons. The first-order valence-electron chi connectivity index (χ1n) is 7.25. The molecule has 4 heteroatoms. The van der Waals surface area contributed by atoms with Crippen molar-refractivity contribution in [1.29, 1.82) is 0 Å². The van der Waals surface area contributed by atoms with E-state index in [-0.39, 0.29) is 11.8 Å². The Morgan fingerprint density at radius 3 is 2.75 bits per heavy atom. The number of imide groups is 1. The molecular weight excluding hydrogens is 252 g/mol. The number of carbonyl (C=O) groups excluding carboxylic acids is 2. The maximum absolute atomic E-state index is 12.4. The molecular formula is C16H20N2O2. The van der Waals surface area contributed by atoms with Gasteiger partial charge in [-0.1, -0.05) is 18.6 Å². The lowest BCUT2D eigenvalue weighted by Crippen LogP contribution is -2.43. The van der Waals surface area contributed by atoms with E-state index in [4.69, 9.17) is 0 Å². The molecule has 0 saturated carbocycles. The summed E-state index contributed by atoms with van der Waals surface area (Å²) in [5, 5.41) is 3.35. The van der Waals surface area contributed by atoms with Gasteiger partial charge >= 0.3 is 0 Å². The minimum absolute atomic E-state index is 0.126. The number of piperidine rings is 1. The summed E-state index contributed by atoms with van der Waals surface area (Å²) in [6, 6.07) is 5.48. The van der Waals surface area contributed by atoms with E-state index in [1.807, 2.05) is 19.1 Å². The minimum Gasteiger partial charge on any atom is -0.316 e. The Balaban J connectivity index is 1.82. The van der Waals surface area contributed by atoms with Gasteiger partial charge in [-0.3, -0.25) is 14.5 Å². The number of nitrogens with one attached hydrogen (secondary N) is 1. The number of amides is 2. The topological polar surface area (TPSA) is 49.4 Å². The molecule has 1 N–H and O–H groups in total. The molecule has 0 aromatic heterocycles. The molecule has 2 atom stereocenters. The third-order valence-electron chi connectivity index (χ3n) is 4.51. The van der Waals surface area contributed by atoms with E-state index in [1.54, 1.807) is 6.07 Å². The summed E-state index contributed by atoms with van der Waals surface area (Å²) in [6.45, 7) is 6.60. The standard InChI is InChI=1S/C16H20N2O2/c1-10-3-4-13-14(7-10)16(20)18(15(13)19)9-12-5-6-17-8-11(12)2/h3-4,7,11-12,17H,5-6,8-9H2,1-2H3. The molecule has 1 aromatic rings. The van der Waals surface area contributed by atoms with E-state index >= 15 is 0 Å². The van der Waals surface area contributed by atoms with E-state index < -0.39 is 0 Å². The lowest BCUT2D eigenvalue weighted by Gasteiger charge is -2.31. The van der Waals surface area contributed by atoms with Gasteiger partial charge in [0, 0.05) is 6.54 Å². The molecule has 2 aliphatic heterocycles. The predicted octanol–water partition coefficient (Wildman–Crippen LogP) is 1.84. The van der Waals surface area contributed by atoms with Crippen LogP contribution in [0.1, 0.15) is 39.6 Å². The van der Waals surface area contributed by atoms with E-state index in [0.29, 0.717) is 29.5 Å². The van der Waals surface area contributed by atoms with Gasteiger partial charge in [0.1, 0.15) is 0 Å². The largest absolute Gasteiger partial charge is 0.316 e. The molecule has 3 rings (SSSR count). The Morgan fingerprint density at radius 1 is 1.25 bits per heavy atom. The van der Waals surface area contributed by atoms with Gasteiger partial charge in [-0.2, -0.15) is 0 Å². The van der Waals surface area contributed by atoms with E-state index in [9.17, 15) is 9.59 Å². The molecule has 4 nitrogen and oxygen atoms in total. The molecule has 0 bridgehead atoms. The molecule has 2 amide bonds. The van der Waals surface area contributed by atoms with Gasteiger partial charge in [0.15, 0.2) is 0 Å². The van der Waals surface area contributed by atoms with Crippen molar-refractivity contribution in [3.63, 3.8) is 0 Å². The van der Waals surface area contributed by atoms with Crippen molar-refractivity contribution in [3.05, 3.63) is 34.9 Å². The Labute approximate surface area is 119 Å². The van der Waals surface area contributed by atoms with E-state index in [1.165, 1.54) is 4.90 Å². The molecule has 2 heterocycles. The Hall–Kier alpha value is -1.68. The minimum atomic E-state index is -0.129. The van der Waals surface area contributed by atoms with Gasteiger partial charge in [0.2, 0.25) is 0 Å². The highest BCUT2D eigenvalue weighted by Crippen LogP contribution is 2.27. The molecule has 0 aliphatic carbocycles. The Kier molecular flexibility index (Phi) is 3.34. The molecule has 2 unspecified atom stereocenters. The van der Waals surface area contributed by atoms with Crippen LogP contribution >= 0.6 is 0 Å². The highest BCUT2D eigenvalue weighted by Gasteiger charge is 2.37. The average molecular weight is 272 g/mol. The van der Waals surface area contributed by atoms with Crippen molar-refractivity contribution in [1.82, 2.24) is 10.2 Å². The normalized spacial score (nSPS) is 26.0. The smallest absolute Gasteiger partial charge is 0.261 e. The predicted molar refractivity (Wildman–Crippen MR) is 76.7 cm³/mol. The summed E-state index contributed by atoms with van der Waals surface area (Å²) in [6.07, 6.45) is 1.02. The van der Waals surface area contributed by atoms with Crippen molar-refractivity contribution in [2.75, 3.05) is 19.6 Å². The molecule has 0 spiro atoms. The van der Waals surface area contributed by atoms with Crippen molar-refractivity contribution >= 4 is 11.8 Å². The van der Waals surface area contributed by atoms with Crippen LogP contribution in [0.3, 0.4) is 0 Å². The zero-order chi connectivity index (χ0) is 14.3. The van der Waals surface area contributed by atoms with Crippen molar-refractivity contribution in [2.45, 2.75) is 20.3 Å². The molecule has 1 fully saturated rings. The van der Waals surface area contributed by atoms with Crippen molar-refractivity contribution in [3.8, 4) is 0 Å². The number of nitrogens with zero attached hydrogens (tertiary/aromatic N) is 1. The van der Waals surface area contributed by atoms with Crippen molar-refractivity contribution in [2.24, 2.45) is 11.8 Å². The molecule has 2 aliphatic rings. The van der Waals surface area contributed by atoms with Gasteiger partial charge in [-0.05, 0) is 50.4 Å². The number of rotatable bonds is 2. The summed E-state index contributed by atoms with van der Waals surface area (Å²) < 4.78 is 0. The quantitative estimate of drug-likeness (QED) is 0.836. The number of fused-ring (bicyclic) bond motifs is 1. The average Bonchev–Trinajstić information content (AvgIpc) is 2.66. The van der Waals surface area contributed by atoms with Gasteiger partial charge in [-0.25, -0.2) is 0 Å². The second kappa shape index (κ2) is 5.02. The van der Waals surface area contributed by atoms with Crippen LogP contribution in [0.4, 0.5) is 0 Å². The fourth-order valence-electron chi connectivity index (χ4n) is 3.14. The molecule has 106 valence electrons. The first kappa shape index (κ1) is 13.3. The zero-order valence-corrected chi connectivity index (χ0v) is 12.0. The van der Waals surface area contributed by atoms with Crippen LogP contribution in [-0.4, -0.2) is 36.3 Å². The number of aryl methyl sites for hydroxylation is 1. The summed E-state index contributed by atoms with van der Waals surface area (Å²) in [4.78, 5) is 26.3. The van der Waals surface area contributed by atoms with Gasteiger partial charge < -0.3 is 5.32 Å². The van der Waals surface area contributed by atoms with Crippen LogP contribution in [0.15, 0.2) is 18.2 Å². The zero-order valence-electron chi connectivity index (χ0n) is 12.0. The Morgan fingerprint density at radius 2 is 2.00 bits per heavy atom. The summed E-state index contributed by atoms with van der Waals surface area (Å²) in [5.41, 5.74) is 2.14. The van der Waals surface area contributed by atoms with Crippen LogP contribution < -0.4 is 5.32 Å². The summed E-state index contributed by atoms with van der Waals surface area (Å²) >= 11 is 0. The highest BCUT2D eigenvalue weighted by molar-refractivity contribution is 6.21. The van der Waals surface area contributed by atoms with Crippen molar-refractivity contribution < 1.29 is 9.59 Å². The fourth-order valence-corrected chi connectivity index (χ4v) is 3.14. The van der Waals surface area contributed by atoms with E-state index in [0.717, 1.165) is 25.1 Å². The monoisotopic (exact) mass is 272 g/mol. The van der Waals surface area contributed by atoms with Crippen LogP contribution in [0, 0.1) is 18.8 Å². The second-order valence-corrected chi connectivity index (χ2v) is 6.00. The second-order valence-electron chi connectivity index (χ2n) is 6.00. The fraction of sp³-hybridized carbons (Fsp3) is 0.500. The first-order valence-corrected chi connectivity index (χ1v) is 7.25. The van der Waals surface area contributed by atoms with Gasteiger partial charge in [0.05, 0.1) is 11.1 Å². The number of benzene rings is 1. The van der Waals surface area contributed by atoms with Crippen LogP contribution in [0.5, 0.6) is 0 Å². The van der Waals surface area contributed by atoms with Crippen LogP contribution in [0.2, 0.25) is 0 Å². The SMILES string of the molecule is Cc1ccc2c(c1)C(=O)N(CC1CCNCC1C)C2=O. The highest BCUT2D eigenvalue weighted by atomic mass is 16.2. The van der Waals surface area contributed by atoms with Crippen LogP contribution in [0.25, 0.3) is 0 Å². The lowest BCUT2D eigenvalue weighted by atomic mass is 9.87. The summed E-state index contributed by atoms with van der Waals surface area (Å²) in [7, 11) is 0.